The summed E-state index contributed by atoms with van der Waals surface area (Å²) in [5.74, 6) is 0. The number of rotatable bonds is 4. The molecular weight excluding hydrogens is 276 g/mol. The lowest BCUT2D eigenvalue weighted by Crippen LogP contribution is -1.94. The Hall–Kier alpha value is -2.51. The molecule has 0 fully saturated rings. The van der Waals surface area contributed by atoms with Gasteiger partial charge in [-0.15, -0.1) is 11.6 Å². The number of halogens is 1. The Labute approximate surface area is 120 Å². The minimum Gasteiger partial charge on any atom is -0.211 e. The SMILES string of the molecule is O=C=Nc1cccc(N=C=O)c1C(Cl)c1ccccc1. The molecule has 5 heteroatoms. The molecule has 0 saturated carbocycles. The Bertz CT molecular complexity index is 667. The molecule has 2 rings (SSSR count). The molecule has 0 radical (unpaired) electrons. The lowest BCUT2D eigenvalue weighted by Gasteiger charge is -2.14. The summed E-state index contributed by atoms with van der Waals surface area (Å²) in [6, 6.07) is 14.1. The zero-order valence-electron chi connectivity index (χ0n) is 10.3. The van der Waals surface area contributed by atoms with Gasteiger partial charge in [0.05, 0.1) is 16.8 Å². The van der Waals surface area contributed by atoms with Crippen LogP contribution in [0.5, 0.6) is 0 Å². The molecule has 1 unspecified atom stereocenters. The highest BCUT2D eigenvalue weighted by Gasteiger charge is 2.19. The van der Waals surface area contributed by atoms with Gasteiger partial charge in [0.25, 0.3) is 0 Å². The molecule has 0 aromatic heterocycles. The van der Waals surface area contributed by atoms with Crippen molar-refractivity contribution in [3.8, 4) is 0 Å². The summed E-state index contributed by atoms with van der Waals surface area (Å²) in [5.41, 5.74) is 1.96. The normalized spacial score (nSPS) is 11.1. The molecule has 4 nitrogen and oxygen atoms in total. The van der Waals surface area contributed by atoms with Crippen molar-refractivity contribution in [2.75, 3.05) is 0 Å². The van der Waals surface area contributed by atoms with E-state index in [0.717, 1.165) is 5.56 Å². The van der Waals surface area contributed by atoms with Crippen LogP contribution in [0.25, 0.3) is 0 Å². The third-order valence-corrected chi connectivity index (χ3v) is 3.21. The minimum absolute atomic E-state index is 0.334. The molecule has 2 aromatic carbocycles. The van der Waals surface area contributed by atoms with E-state index in [0.29, 0.717) is 16.9 Å². The smallest absolute Gasteiger partial charge is 0.211 e. The standard InChI is InChI=1S/C15H9ClN2O2/c16-15(11-5-2-1-3-6-11)14-12(17-9-19)7-4-8-13(14)18-10-20/h1-8,15H. The summed E-state index contributed by atoms with van der Waals surface area (Å²) in [4.78, 5) is 28.3. The van der Waals surface area contributed by atoms with Crippen molar-refractivity contribution >= 4 is 35.1 Å². The van der Waals surface area contributed by atoms with Crippen LogP contribution in [0.15, 0.2) is 58.5 Å². The molecule has 2 aromatic rings. The number of benzene rings is 2. The van der Waals surface area contributed by atoms with Gasteiger partial charge in [0, 0.05) is 5.56 Å². The zero-order chi connectivity index (χ0) is 14.4. The van der Waals surface area contributed by atoms with E-state index in [9.17, 15) is 9.59 Å². The monoisotopic (exact) mass is 284 g/mol. The van der Waals surface area contributed by atoms with Crippen molar-refractivity contribution in [2.45, 2.75) is 5.38 Å². The van der Waals surface area contributed by atoms with Gasteiger partial charge in [0.15, 0.2) is 0 Å². The summed E-state index contributed by atoms with van der Waals surface area (Å²) in [6.07, 6.45) is 2.95. The van der Waals surface area contributed by atoms with E-state index in [2.05, 4.69) is 9.98 Å². The quantitative estimate of drug-likeness (QED) is 0.485. The van der Waals surface area contributed by atoms with Crippen LogP contribution in [0.4, 0.5) is 11.4 Å². The Morgan fingerprint density at radius 2 is 1.40 bits per heavy atom. The Morgan fingerprint density at radius 3 is 1.90 bits per heavy atom. The lowest BCUT2D eigenvalue weighted by molar-refractivity contribution is 0.565. The summed E-state index contributed by atoms with van der Waals surface area (Å²) in [5, 5.41) is -0.586. The van der Waals surface area contributed by atoms with E-state index in [1.54, 1.807) is 18.2 Å². The van der Waals surface area contributed by atoms with Crippen LogP contribution in [0.3, 0.4) is 0 Å². The van der Waals surface area contributed by atoms with Crippen molar-refractivity contribution < 1.29 is 9.59 Å². The molecule has 20 heavy (non-hydrogen) atoms. The fraction of sp³-hybridized carbons (Fsp3) is 0.0667. The predicted molar refractivity (Wildman–Crippen MR) is 76.1 cm³/mol. The highest BCUT2D eigenvalue weighted by atomic mass is 35.5. The largest absolute Gasteiger partial charge is 0.240 e. The van der Waals surface area contributed by atoms with Gasteiger partial charge in [-0.05, 0) is 17.7 Å². The maximum absolute atomic E-state index is 10.5. The second-order valence-corrected chi connectivity index (χ2v) is 4.33. The van der Waals surface area contributed by atoms with Crippen molar-refractivity contribution in [1.29, 1.82) is 0 Å². The first-order valence-corrected chi connectivity index (χ1v) is 6.19. The number of alkyl halides is 1. The lowest BCUT2D eigenvalue weighted by atomic mass is 10.0. The van der Waals surface area contributed by atoms with Gasteiger partial charge in [-0.3, -0.25) is 0 Å². The number of carbonyl (C=O) groups excluding carboxylic acids is 2. The van der Waals surface area contributed by atoms with Crippen LogP contribution in [-0.4, -0.2) is 12.2 Å². The average molecular weight is 285 g/mol. The molecule has 1 atom stereocenters. The van der Waals surface area contributed by atoms with Gasteiger partial charge < -0.3 is 0 Å². The van der Waals surface area contributed by atoms with Gasteiger partial charge >= 0.3 is 0 Å². The molecule has 98 valence electrons. The third-order valence-electron chi connectivity index (χ3n) is 2.74. The second kappa shape index (κ2) is 6.60. The van der Waals surface area contributed by atoms with E-state index in [-0.39, 0.29) is 0 Å². The number of hydrogen-bond acceptors (Lipinski definition) is 4. The predicted octanol–water partition coefficient (Wildman–Crippen LogP) is 3.95. The molecule has 0 saturated heterocycles. The molecule has 0 heterocycles. The molecule has 0 bridgehead atoms. The zero-order valence-corrected chi connectivity index (χ0v) is 11.0. The van der Waals surface area contributed by atoms with E-state index in [1.807, 2.05) is 30.3 Å². The number of aliphatic imine (C=N–C) groups is 2. The van der Waals surface area contributed by atoms with Crippen LogP contribution in [0, 0.1) is 0 Å². The number of nitrogens with zero attached hydrogens (tertiary/aromatic N) is 2. The van der Waals surface area contributed by atoms with Crippen LogP contribution < -0.4 is 0 Å². The van der Waals surface area contributed by atoms with Crippen molar-refractivity contribution in [3.63, 3.8) is 0 Å². The Balaban J connectivity index is 2.64. The summed E-state index contributed by atoms with van der Waals surface area (Å²) in [7, 11) is 0. The minimum atomic E-state index is -0.586. The van der Waals surface area contributed by atoms with Gasteiger partial charge in [-0.1, -0.05) is 36.4 Å². The van der Waals surface area contributed by atoms with Gasteiger partial charge in [-0.2, -0.15) is 9.98 Å². The van der Waals surface area contributed by atoms with Gasteiger partial charge in [-0.25, -0.2) is 9.59 Å². The Morgan fingerprint density at radius 1 is 0.850 bits per heavy atom. The highest BCUT2D eigenvalue weighted by Crippen LogP contribution is 2.40. The fourth-order valence-corrected chi connectivity index (χ4v) is 2.25. The molecule has 0 aliphatic carbocycles. The van der Waals surface area contributed by atoms with Crippen LogP contribution >= 0.6 is 11.6 Å². The first-order valence-electron chi connectivity index (χ1n) is 5.75. The van der Waals surface area contributed by atoms with Crippen molar-refractivity contribution in [2.24, 2.45) is 9.98 Å². The molecule has 0 N–H and O–H groups in total. The third kappa shape index (κ3) is 2.90. The summed E-state index contributed by atoms with van der Waals surface area (Å²) in [6.45, 7) is 0. The van der Waals surface area contributed by atoms with E-state index < -0.39 is 5.38 Å². The molecule has 0 aliphatic heterocycles. The molecule has 0 aliphatic rings. The average Bonchev–Trinajstić information content (AvgIpc) is 2.48. The van der Waals surface area contributed by atoms with E-state index >= 15 is 0 Å². The van der Waals surface area contributed by atoms with Crippen molar-refractivity contribution in [1.82, 2.24) is 0 Å². The first-order chi connectivity index (χ1) is 9.77. The molecular formula is C15H9ClN2O2. The first kappa shape index (κ1) is 13.9. The Kier molecular flexibility index (Phi) is 4.59. The highest BCUT2D eigenvalue weighted by molar-refractivity contribution is 6.23. The maximum atomic E-state index is 10.5. The number of isocyanates is 2. The van der Waals surface area contributed by atoms with Crippen LogP contribution in [0.2, 0.25) is 0 Å². The molecule has 0 spiro atoms. The van der Waals surface area contributed by atoms with E-state index in [4.69, 9.17) is 11.6 Å². The number of hydrogen-bond donors (Lipinski definition) is 0. The van der Waals surface area contributed by atoms with E-state index in [1.165, 1.54) is 12.2 Å². The van der Waals surface area contributed by atoms with Gasteiger partial charge in [0.2, 0.25) is 12.2 Å². The second-order valence-electron chi connectivity index (χ2n) is 3.89. The molecule has 0 amide bonds. The summed E-state index contributed by atoms with van der Waals surface area (Å²) >= 11 is 6.43. The fourth-order valence-electron chi connectivity index (χ4n) is 1.88. The maximum Gasteiger partial charge on any atom is 0.240 e. The van der Waals surface area contributed by atoms with Crippen LogP contribution in [-0.2, 0) is 9.59 Å². The summed E-state index contributed by atoms with van der Waals surface area (Å²) < 4.78 is 0. The topological polar surface area (TPSA) is 58.9 Å². The van der Waals surface area contributed by atoms with Crippen LogP contribution in [0.1, 0.15) is 16.5 Å². The van der Waals surface area contributed by atoms with Crippen molar-refractivity contribution in [3.05, 3.63) is 59.7 Å². The van der Waals surface area contributed by atoms with Gasteiger partial charge in [0.1, 0.15) is 0 Å².